The SMILES string of the molecule is CCC(C#N)NC(=O)c1nn(C)c2ccccc12. The number of rotatable bonds is 3. The minimum absolute atomic E-state index is 0.305. The van der Waals surface area contributed by atoms with Crippen molar-refractivity contribution in [3.05, 3.63) is 30.0 Å². The van der Waals surface area contributed by atoms with Crippen LogP contribution >= 0.6 is 0 Å². The van der Waals surface area contributed by atoms with E-state index < -0.39 is 6.04 Å². The Morgan fingerprint density at radius 3 is 2.94 bits per heavy atom. The molecule has 0 bridgehead atoms. The average Bonchev–Trinajstić information content (AvgIpc) is 2.74. The van der Waals surface area contributed by atoms with Gasteiger partial charge in [0.05, 0.1) is 11.6 Å². The first kappa shape index (κ1) is 12.1. The lowest BCUT2D eigenvalue weighted by atomic mass is 10.2. The number of aryl methyl sites for hydroxylation is 1. The summed E-state index contributed by atoms with van der Waals surface area (Å²) in [4.78, 5) is 12.1. The highest BCUT2D eigenvalue weighted by Crippen LogP contribution is 2.17. The number of carbonyl (C=O) groups is 1. The molecule has 2 rings (SSSR count). The van der Waals surface area contributed by atoms with Crippen LogP contribution in [0.5, 0.6) is 0 Å². The van der Waals surface area contributed by atoms with E-state index in [0.717, 1.165) is 10.9 Å². The van der Waals surface area contributed by atoms with Gasteiger partial charge in [0, 0.05) is 12.4 Å². The molecule has 0 aliphatic carbocycles. The van der Waals surface area contributed by atoms with Crippen molar-refractivity contribution in [3.63, 3.8) is 0 Å². The van der Waals surface area contributed by atoms with Crippen LogP contribution in [-0.4, -0.2) is 21.7 Å². The Morgan fingerprint density at radius 2 is 2.28 bits per heavy atom. The summed E-state index contributed by atoms with van der Waals surface area (Å²) in [6.07, 6.45) is 0.576. The number of fused-ring (bicyclic) bond motifs is 1. The lowest BCUT2D eigenvalue weighted by Crippen LogP contribution is -2.33. The first-order valence-corrected chi connectivity index (χ1v) is 5.79. The molecule has 5 nitrogen and oxygen atoms in total. The second kappa shape index (κ2) is 4.88. The second-order valence-corrected chi connectivity index (χ2v) is 4.05. The highest BCUT2D eigenvalue weighted by atomic mass is 16.2. The average molecular weight is 242 g/mol. The number of nitrogens with zero attached hydrogens (tertiary/aromatic N) is 3. The molecule has 1 aromatic carbocycles. The quantitative estimate of drug-likeness (QED) is 0.888. The zero-order chi connectivity index (χ0) is 13.1. The van der Waals surface area contributed by atoms with Crippen molar-refractivity contribution in [3.8, 4) is 6.07 Å². The molecule has 0 saturated heterocycles. The molecule has 0 fully saturated rings. The molecular weight excluding hydrogens is 228 g/mol. The third kappa shape index (κ3) is 2.05. The van der Waals surface area contributed by atoms with Gasteiger partial charge in [-0.05, 0) is 12.5 Å². The summed E-state index contributed by atoms with van der Waals surface area (Å²) in [5.41, 5.74) is 1.26. The Kier molecular flexibility index (Phi) is 3.28. The van der Waals surface area contributed by atoms with Gasteiger partial charge in [-0.3, -0.25) is 9.48 Å². The first-order valence-electron chi connectivity index (χ1n) is 5.79. The predicted octanol–water partition coefficient (Wildman–Crippen LogP) is 1.61. The maximum absolute atomic E-state index is 12.1. The van der Waals surface area contributed by atoms with E-state index in [2.05, 4.69) is 10.4 Å². The van der Waals surface area contributed by atoms with Gasteiger partial charge >= 0.3 is 0 Å². The lowest BCUT2D eigenvalue weighted by Gasteiger charge is -2.07. The van der Waals surface area contributed by atoms with Crippen molar-refractivity contribution in [2.45, 2.75) is 19.4 Å². The van der Waals surface area contributed by atoms with Crippen molar-refractivity contribution < 1.29 is 4.79 Å². The maximum atomic E-state index is 12.1. The van der Waals surface area contributed by atoms with Crippen LogP contribution in [-0.2, 0) is 7.05 Å². The van der Waals surface area contributed by atoms with E-state index in [1.165, 1.54) is 0 Å². The summed E-state index contributed by atoms with van der Waals surface area (Å²) in [5.74, 6) is -0.305. The summed E-state index contributed by atoms with van der Waals surface area (Å²) < 4.78 is 1.66. The molecule has 1 unspecified atom stereocenters. The van der Waals surface area contributed by atoms with Crippen molar-refractivity contribution >= 4 is 16.8 Å². The third-order valence-corrected chi connectivity index (χ3v) is 2.84. The predicted molar refractivity (Wildman–Crippen MR) is 67.9 cm³/mol. The molecule has 1 atom stereocenters. The maximum Gasteiger partial charge on any atom is 0.273 e. The fourth-order valence-electron chi connectivity index (χ4n) is 1.83. The van der Waals surface area contributed by atoms with Gasteiger partial charge in [-0.25, -0.2) is 0 Å². The third-order valence-electron chi connectivity index (χ3n) is 2.84. The van der Waals surface area contributed by atoms with E-state index in [9.17, 15) is 4.79 Å². The molecule has 2 aromatic rings. The van der Waals surface area contributed by atoms with Gasteiger partial charge < -0.3 is 5.32 Å². The van der Waals surface area contributed by atoms with Gasteiger partial charge in [-0.1, -0.05) is 25.1 Å². The minimum atomic E-state index is -0.474. The second-order valence-electron chi connectivity index (χ2n) is 4.05. The van der Waals surface area contributed by atoms with Crippen molar-refractivity contribution in [2.75, 3.05) is 0 Å². The van der Waals surface area contributed by atoms with E-state index in [1.54, 1.807) is 11.7 Å². The molecule has 0 saturated carbocycles. The van der Waals surface area contributed by atoms with E-state index in [0.29, 0.717) is 12.1 Å². The Labute approximate surface area is 105 Å². The van der Waals surface area contributed by atoms with Gasteiger partial charge in [-0.15, -0.1) is 0 Å². The molecule has 1 amide bonds. The molecule has 0 spiro atoms. The van der Waals surface area contributed by atoms with Crippen LogP contribution in [0.4, 0.5) is 0 Å². The van der Waals surface area contributed by atoms with Gasteiger partial charge in [0.1, 0.15) is 6.04 Å². The lowest BCUT2D eigenvalue weighted by molar-refractivity contribution is 0.0940. The largest absolute Gasteiger partial charge is 0.335 e. The number of para-hydroxylation sites is 1. The molecule has 0 aliphatic heterocycles. The van der Waals surface area contributed by atoms with Crippen molar-refractivity contribution in [1.29, 1.82) is 5.26 Å². The molecule has 18 heavy (non-hydrogen) atoms. The van der Waals surface area contributed by atoms with Gasteiger partial charge in [0.2, 0.25) is 0 Å². The number of hydrogen-bond acceptors (Lipinski definition) is 3. The zero-order valence-electron chi connectivity index (χ0n) is 10.3. The van der Waals surface area contributed by atoms with E-state index >= 15 is 0 Å². The van der Waals surface area contributed by atoms with Gasteiger partial charge in [-0.2, -0.15) is 10.4 Å². The number of nitriles is 1. The highest BCUT2D eigenvalue weighted by molar-refractivity contribution is 6.05. The topological polar surface area (TPSA) is 70.7 Å². The number of benzene rings is 1. The first-order chi connectivity index (χ1) is 8.67. The molecule has 0 aliphatic rings. The summed E-state index contributed by atoms with van der Waals surface area (Å²) in [6, 6.07) is 9.08. The van der Waals surface area contributed by atoms with E-state index in [-0.39, 0.29) is 5.91 Å². The van der Waals surface area contributed by atoms with Crippen LogP contribution in [0.2, 0.25) is 0 Å². The summed E-state index contributed by atoms with van der Waals surface area (Å²) in [7, 11) is 1.79. The zero-order valence-corrected chi connectivity index (χ0v) is 10.3. The van der Waals surface area contributed by atoms with E-state index in [4.69, 9.17) is 5.26 Å². The van der Waals surface area contributed by atoms with Crippen LogP contribution in [0, 0.1) is 11.3 Å². The Hall–Kier alpha value is -2.35. The monoisotopic (exact) mass is 242 g/mol. The number of carbonyl (C=O) groups excluding carboxylic acids is 1. The van der Waals surface area contributed by atoms with Crippen molar-refractivity contribution in [1.82, 2.24) is 15.1 Å². The van der Waals surface area contributed by atoms with Gasteiger partial charge in [0.25, 0.3) is 5.91 Å². The number of amides is 1. The number of aromatic nitrogens is 2. The van der Waals surface area contributed by atoms with Gasteiger partial charge in [0.15, 0.2) is 5.69 Å². The smallest absolute Gasteiger partial charge is 0.273 e. The van der Waals surface area contributed by atoms with Crippen LogP contribution in [0.25, 0.3) is 10.9 Å². The fourth-order valence-corrected chi connectivity index (χ4v) is 1.83. The summed E-state index contributed by atoms with van der Waals surface area (Å²) >= 11 is 0. The van der Waals surface area contributed by atoms with Crippen LogP contribution in [0.15, 0.2) is 24.3 Å². The number of nitrogens with one attached hydrogen (secondary N) is 1. The minimum Gasteiger partial charge on any atom is -0.335 e. The summed E-state index contributed by atoms with van der Waals surface area (Å²) in [5, 5.41) is 16.5. The highest BCUT2D eigenvalue weighted by Gasteiger charge is 2.17. The standard InChI is InChI=1S/C13H14N4O/c1-3-9(8-14)15-13(18)12-10-6-4-5-7-11(10)17(2)16-12/h4-7,9H,3H2,1-2H3,(H,15,18). The Balaban J connectivity index is 2.37. The molecule has 92 valence electrons. The van der Waals surface area contributed by atoms with Crippen LogP contribution in [0.1, 0.15) is 23.8 Å². The molecule has 0 radical (unpaired) electrons. The van der Waals surface area contributed by atoms with Crippen molar-refractivity contribution in [2.24, 2.45) is 7.05 Å². The normalized spacial score (nSPS) is 12.1. The fraction of sp³-hybridized carbons (Fsp3) is 0.308. The number of hydrogen-bond donors (Lipinski definition) is 1. The van der Waals surface area contributed by atoms with E-state index in [1.807, 2.05) is 37.3 Å². The molecule has 1 heterocycles. The van der Waals surface area contributed by atoms with Crippen LogP contribution < -0.4 is 5.32 Å². The molecule has 1 aromatic heterocycles. The molecular formula is C13H14N4O. The molecule has 1 N–H and O–H groups in total. The Morgan fingerprint density at radius 1 is 1.56 bits per heavy atom. The summed E-state index contributed by atoms with van der Waals surface area (Å²) in [6.45, 7) is 1.85. The van der Waals surface area contributed by atoms with Crippen LogP contribution in [0.3, 0.4) is 0 Å². The molecule has 5 heteroatoms. The Bertz CT molecular complexity index is 623.